The molecule has 2 heterocycles. The Labute approximate surface area is 200 Å². The first-order valence-electron chi connectivity index (χ1n) is 11.6. The van der Waals surface area contributed by atoms with E-state index in [4.69, 9.17) is 0 Å². The van der Waals surface area contributed by atoms with E-state index in [2.05, 4.69) is 53.8 Å². The van der Waals surface area contributed by atoms with Gasteiger partial charge in [0.25, 0.3) is 5.91 Å². The van der Waals surface area contributed by atoms with Crippen LogP contribution in [-0.4, -0.2) is 34.4 Å². The number of hydrogen-bond donors (Lipinski definition) is 2. The summed E-state index contributed by atoms with van der Waals surface area (Å²) in [5.74, 6) is 0.0212. The molecule has 0 aliphatic heterocycles. The number of rotatable bonds is 9. The molecular weight excluding hydrogens is 424 g/mol. The molecule has 2 aromatic carbocycles. The fraction of sp³-hybridized carbons (Fsp3) is 0.250. The van der Waals surface area contributed by atoms with Gasteiger partial charge in [-0.1, -0.05) is 67.1 Å². The van der Waals surface area contributed by atoms with Gasteiger partial charge in [0, 0.05) is 19.3 Å². The standard InChI is InChI=1S/C28H30N4O2/c1-4-29-28(34)23-14-15-25-24(17-31-32(25)18-23)27(33)26(22-8-6-5-7-9-22)30-16-20(3)21-12-10-19(2)11-13-21/h5-15,17-18,20,26,30H,4,16H2,1-3H3,(H,29,34)/t20-,26+/m1/s1. The van der Waals surface area contributed by atoms with Crippen molar-refractivity contribution in [2.24, 2.45) is 0 Å². The topological polar surface area (TPSA) is 75.5 Å². The molecule has 2 atom stereocenters. The van der Waals surface area contributed by atoms with Crippen molar-refractivity contribution in [1.29, 1.82) is 0 Å². The van der Waals surface area contributed by atoms with Crippen LogP contribution in [0.1, 0.15) is 63.2 Å². The highest BCUT2D eigenvalue weighted by molar-refractivity contribution is 6.06. The Hall–Kier alpha value is -3.77. The van der Waals surface area contributed by atoms with Crippen LogP contribution in [0.3, 0.4) is 0 Å². The molecule has 2 N–H and O–H groups in total. The number of pyridine rings is 1. The molecule has 4 rings (SSSR count). The molecule has 1 amide bonds. The number of carbonyl (C=O) groups excluding carboxylic acids is 2. The molecule has 2 aromatic heterocycles. The van der Waals surface area contributed by atoms with E-state index >= 15 is 0 Å². The molecule has 34 heavy (non-hydrogen) atoms. The summed E-state index contributed by atoms with van der Waals surface area (Å²) in [6.07, 6.45) is 3.24. The number of hydrogen-bond acceptors (Lipinski definition) is 4. The third kappa shape index (κ3) is 5.07. The number of ketones is 1. The largest absolute Gasteiger partial charge is 0.352 e. The molecule has 0 aliphatic carbocycles. The number of benzene rings is 2. The monoisotopic (exact) mass is 454 g/mol. The summed E-state index contributed by atoms with van der Waals surface area (Å²) in [6.45, 7) is 7.30. The van der Waals surface area contributed by atoms with Crippen molar-refractivity contribution in [1.82, 2.24) is 20.2 Å². The van der Waals surface area contributed by atoms with Crippen LogP contribution in [0, 0.1) is 6.92 Å². The summed E-state index contributed by atoms with van der Waals surface area (Å²) in [5, 5.41) is 10.6. The molecule has 6 nitrogen and oxygen atoms in total. The van der Waals surface area contributed by atoms with Crippen LogP contribution in [0.2, 0.25) is 0 Å². The van der Waals surface area contributed by atoms with E-state index in [-0.39, 0.29) is 17.6 Å². The third-order valence-electron chi connectivity index (χ3n) is 6.05. The van der Waals surface area contributed by atoms with Crippen LogP contribution in [0.15, 0.2) is 79.1 Å². The molecule has 6 heteroatoms. The number of amides is 1. The minimum Gasteiger partial charge on any atom is -0.352 e. The molecule has 0 spiro atoms. The number of fused-ring (bicyclic) bond motifs is 1. The van der Waals surface area contributed by atoms with Crippen molar-refractivity contribution >= 4 is 17.2 Å². The maximum absolute atomic E-state index is 13.7. The lowest BCUT2D eigenvalue weighted by Crippen LogP contribution is -2.31. The summed E-state index contributed by atoms with van der Waals surface area (Å²) in [7, 11) is 0. The predicted molar refractivity (Wildman–Crippen MR) is 134 cm³/mol. The molecule has 0 aliphatic rings. The van der Waals surface area contributed by atoms with Crippen LogP contribution in [0.25, 0.3) is 5.52 Å². The van der Waals surface area contributed by atoms with Gasteiger partial charge >= 0.3 is 0 Å². The van der Waals surface area contributed by atoms with Gasteiger partial charge in [-0.2, -0.15) is 5.10 Å². The van der Waals surface area contributed by atoms with Crippen molar-refractivity contribution < 1.29 is 9.59 Å². The third-order valence-corrected chi connectivity index (χ3v) is 6.05. The summed E-state index contributed by atoms with van der Waals surface area (Å²) in [5.41, 5.74) is 5.05. The second-order valence-corrected chi connectivity index (χ2v) is 8.59. The maximum Gasteiger partial charge on any atom is 0.252 e. The first kappa shape index (κ1) is 23.4. The van der Waals surface area contributed by atoms with Crippen LogP contribution in [0.5, 0.6) is 0 Å². The minimum atomic E-state index is -0.509. The molecule has 0 saturated carbocycles. The van der Waals surface area contributed by atoms with Crippen molar-refractivity contribution in [3.8, 4) is 0 Å². The summed E-state index contributed by atoms with van der Waals surface area (Å²) < 4.78 is 1.59. The van der Waals surface area contributed by atoms with Crippen LogP contribution in [0.4, 0.5) is 0 Å². The fourth-order valence-electron chi connectivity index (χ4n) is 4.04. The van der Waals surface area contributed by atoms with E-state index in [1.165, 1.54) is 11.1 Å². The lowest BCUT2D eigenvalue weighted by atomic mass is 9.95. The Balaban J connectivity index is 1.60. The average Bonchev–Trinajstić information content (AvgIpc) is 3.28. The number of aromatic nitrogens is 2. The van der Waals surface area contributed by atoms with Crippen LogP contribution in [-0.2, 0) is 0 Å². The molecule has 0 bridgehead atoms. The van der Waals surface area contributed by atoms with E-state index < -0.39 is 6.04 Å². The number of carbonyl (C=O) groups is 2. The molecule has 174 valence electrons. The van der Waals surface area contributed by atoms with Crippen LogP contribution >= 0.6 is 0 Å². The zero-order valence-electron chi connectivity index (χ0n) is 19.8. The van der Waals surface area contributed by atoms with Gasteiger partial charge < -0.3 is 10.6 Å². The van der Waals surface area contributed by atoms with Crippen molar-refractivity contribution in [3.05, 3.63) is 107 Å². The Morgan fingerprint density at radius 2 is 1.71 bits per heavy atom. The zero-order chi connectivity index (χ0) is 24.1. The molecule has 4 aromatic rings. The van der Waals surface area contributed by atoms with Gasteiger partial charge in [0.1, 0.15) is 0 Å². The quantitative estimate of drug-likeness (QED) is 0.359. The van der Waals surface area contributed by atoms with Crippen molar-refractivity contribution in [3.63, 3.8) is 0 Å². The highest BCUT2D eigenvalue weighted by atomic mass is 16.1. The molecule has 0 unspecified atom stereocenters. The van der Waals surface area contributed by atoms with Gasteiger partial charge in [-0.3, -0.25) is 9.59 Å². The molecule has 0 fully saturated rings. The highest BCUT2D eigenvalue weighted by Gasteiger charge is 2.25. The first-order valence-corrected chi connectivity index (χ1v) is 11.6. The van der Waals surface area contributed by atoms with Crippen molar-refractivity contribution in [2.75, 3.05) is 13.1 Å². The second kappa shape index (κ2) is 10.4. The van der Waals surface area contributed by atoms with Gasteiger partial charge in [0.2, 0.25) is 0 Å². The number of nitrogens with one attached hydrogen (secondary N) is 2. The summed E-state index contributed by atoms with van der Waals surface area (Å²) >= 11 is 0. The van der Waals surface area contributed by atoms with E-state index in [0.717, 1.165) is 5.56 Å². The Morgan fingerprint density at radius 1 is 0.971 bits per heavy atom. The van der Waals surface area contributed by atoms with Gasteiger partial charge in [-0.05, 0) is 43.0 Å². The minimum absolute atomic E-state index is 0.0527. The number of Topliss-reactive ketones (excluding diaryl/α,β-unsaturated/α-hetero) is 1. The lowest BCUT2D eigenvalue weighted by molar-refractivity contribution is 0.0940. The normalized spacial score (nSPS) is 12.9. The maximum atomic E-state index is 13.7. The average molecular weight is 455 g/mol. The zero-order valence-corrected chi connectivity index (χ0v) is 19.8. The van der Waals surface area contributed by atoms with Gasteiger partial charge in [-0.25, -0.2) is 4.52 Å². The van der Waals surface area contributed by atoms with Gasteiger partial charge in [0.15, 0.2) is 5.78 Å². The smallest absolute Gasteiger partial charge is 0.252 e. The fourth-order valence-corrected chi connectivity index (χ4v) is 4.04. The SMILES string of the molecule is CCNC(=O)c1ccc2c(C(=O)[C@@H](NC[C@@H](C)c3ccc(C)cc3)c3ccccc3)cnn2c1. The summed E-state index contributed by atoms with van der Waals surface area (Å²) in [6, 6.07) is 21.2. The first-order chi connectivity index (χ1) is 16.5. The molecular formula is C28H30N4O2. The van der Waals surface area contributed by atoms with Crippen molar-refractivity contribution in [2.45, 2.75) is 32.7 Å². The van der Waals surface area contributed by atoms with Gasteiger partial charge in [0.05, 0.1) is 28.9 Å². The molecule has 0 saturated heterocycles. The Kier molecular flexibility index (Phi) is 7.18. The van der Waals surface area contributed by atoms with Crippen LogP contribution < -0.4 is 10.6 Å². The van der Waals surface area contributed by atoms with E-state index in [1.54, 1.807) is 29.0 Å². The van der Waals surface area contributed by atoms with E-state index in [0.29, 0.717) is 29.7 Å². The highest BCUT2D eigenvalue weighted by Crippen LogP contribution is 2.24. The number of aryl methyl sites for hydroxylation is 1. The molecule has 0 radical (unpaired) electrons. The Bertz CT molecular complexity index is 1280. The van der Waals surface area contributed by atoms with Gasteiger partial charge in [-0.15, -0.1) is 0 Å². The lowest BCUT2D eigenvalue weighted by Gasteiger charge is -2.21. The summed E-state index contributed by atoms with van der Waals surface area (Å²) in [4.78, 5) is 25.9. The van der Waals surface area contributed by atoms with E-state index in [1.807, 2.05) is 37.3 Å². The second-order valence-electron chi connectivity index (χ2n) is 8.59. The van der Waals surface area contributed by atoms with E-state index in [9.17, 15) is 9.59 Å². The Morgan fingerprint density at radius 3 is 2.41 bits per heavy atom. The number of nitrogens with zero attached hydrogens (tertiary/aromatic N) is 2. The predicted octanol–water partition coefficient (Wildman–Crippen LogP) is 4.71.